The Kier molecular flexibility index (Phi) is 4.22. The smallest absolute Gasteiger partial charge is 0.326 e. The van der Waals surface area contributed by atoms with Gasteiger partial charge in [0.25, 0.3) is 0 Å². The summed E-state index contributed by atoms with van der Waals surface area (Å²) in [5.41, 5.74) is -0.215. The summed E-state index contributed by atoms with van der Waals surface area (Å²) in [4.78, 5) is 24.1. The lowest BCUT2D eigenvalue weighted by atomic mass is 10.2. The van der Waals surface area contributed by atoms with Crippen molar-refractivity contribution in [1.29, 1.82) is 0 Å². The van der Waals surface area contributed by atoms with Crippen LogP contribution < -0.4 is 5.32 Å². The number of hydrogen-bond donors (Lipinski definition) is 2. The lowest BCUT2D eigenvalue weighted by Crippen LogP contribution is -2.43. The number of aliphatic carboxylic acids is 1. The van der Waals surface area contributed by atoms with Crippen molar-refractivity contribution in [3.8, 4) is 0 Å². The normalized spacial score (nSPS) is 18.1. The Morgan fingerprint density at radius 1 is 1.40 bits per heavy atom. The first kappa shape index (κ1) is 14.7. The number of hydrogen-bond acceptors (Lipinski definition) is 2. The van der Waals surface area contributed by atoms with E-state index < -0.39 is 29.7 Å². The van der Waals surface area contributed by atoms with Crippen molar-refractivity contribution in [2.45, 2.75) is 18.9 Å². The van der Waals surface area contributed by atoms with Gasteiger partial charge in [0, 0.05) is 17.1 Å². The number of halogens is 3. The van der Waals surface area contributed by atoms with Gasteiger partial charge in [-0.2, -0.15) is 0 Å². The maximum Gasteiger partial charge on any atom is 0.326 e. The summed E-state index contributed by atoms with van der Waals surface area (Å²) in [6, 6.07) is 0.00882. The summed E-state index contributed by atoms with van der Waals surface area (Å²) in [6.07, 6.45) is 0.924. The van der Waals surface area contributed by atoms with Crippen LogP contribution in [-0.2, 0) is 4.79 Å². The highest BCUT2D eigenvalue weighted by Crippen LogP contribution is 2.28. The molecule has 2 amide bonds. The Labute approximate surface area is 121 Å². The summed E-state index contributed by atoms with van der Waals surface area (Å²) in [5, 5.41) is 11.3. The van der Waals surface area contributed by atoms with E-state index >= 15 is 0 Å². The SMILES string of the molecule is O=C(O)[C@@H]1CCCN1C(=O)Nc1c(F)cc(F)cc1Br. The molecule has 5 nitrogen and oxygen atoms in total. The summed E-state index contributed by atoms with van der Waals surface area (Å²) < 4.78 is 26.6. The number of carboxylic acid groups (broad SMARTS) is 1. The molecule has 1 atom stereocenters. The fraction of sp³-hybridized carbons (Fsp3) is 0.333. The monoisotopic (exact) mass is 348 g/mol. The van der Waals surface area contributed by atoms with Crippen LogP contribution in [0.3, 0.4) is 0 Å². The van der Waals surface area contributed by atoms with Crippen LogP contribution in [0.4, 0.5) is 19.3 Å². The highest BCUT2D eigenvalue weighted by atomic mass is 79.9. The van der Waals surface area contributed by atoms with Crippen molar-refractivity contribution in [3.63, 3.8) is 0 Å². The summed E-state index contributed by atoms with van der Waals surface area (Å²) in [5.74, 6) is -2.82. The lowest BCUT2D eigenvalue weighted by Gasteiger charge is -2.22. The molecule has 1 aliphatic heterocycles. The topological polar surface area (TPSA) is 69.6 Å². The molecule has 1 saturated heterocycles. The van der Waals surface area contributed by atoms with E-state index in [0.717, 1.165) is 11.0 Å². The Hall–Kier alpha value is -1.70. The molecular weight excluding hydrogens is 338 g/mol. The molecular formula is C12H11BrF2N2O3. The standard InChI is InChI=1S/C12H11BrF2N2O3/c13-7-4-6(14)5-8(15)10(7)16-12(20)17-3-1-2-9(17)11(18)19/h4-5,9H,1-3H2,(H,16,20)(H,18,19)/t9-/m0/s1. The molecule has 0 saturated carbocycles. The van der Waals surface area contributed by atoms with Crippen molar-refractivity contribution >= 4 is 33.6 Å². The van der Waals surface area contributed by atoms with E-state index in [1.165, 1.54) is 0 Å². The molecule has 0 aliphatic carbocycles. The third-order valence-corrected chi connectivity index (χ3v) is 3.66. The highest BCUT2D eigenvalue weighted by molar-refractivity contribution is 9.10. The van der Waals surface area contributed by atoms with Gasteiger partial charge in [-0.25, -0.2) is 18.4 Å². The molecule has 1 aliphatic rings. The lowest BCUT2D eigenvalue weighted by molar-refractivity contribution is -0.141. The predicted molar refractivity (Wildman–Crippen MR) is 70.4 cm³/mol. The minimum absolute atomic E-state index is 0.0504. The highest BCUT2D eigenvalue weighted by Gasteiger charge is 2.34. The molecule has 1 heterocycles. The van der Waals surface area contributed by atoms with Crippen molar-refractivity contribution in [3.05, 3.63) is 28.2 Å². The van der Waals surface area contributed by atoms with Gasteiger partial charge in [0.05, 0.1) is 5.69 Å². The maximum absolute atomic E-state index is 13.6. The first-order chi connectivity index (χ1) is 9.40. The van der Waals surface area contributed by atoms with E-state index in [0.29, 0.717) is 18.9 Å². The van der Waals surface area contributed by atoms with Gasteiger partial charge in [-0.15, -0.1) is 0 Å². The van der Waals surface area contributed by atoms with Gasteiger partial charge in [-0.05, 0) is 34.8 Å². The van der Waals surface area contributed by atoms with E-state index in [9.17, 15) is 18.4 Å². The average molecular weight is 349 g/mol. The number of rotatable bonds is 2. The minimum atomic E-state index is -1.10. The third-order valence-electron chi connectivity index (χ3n) is 3.04. The minimum Gasteiger partial charge on any atom is -0.480 e. The second-order valence-corrected chi connectivity index (χ2v) is 5.22. The molecule has 20 heavy (non-hydrogen) atoms. The van der Waals surface area contributed by atoms with Gasteiger partial charge >= 0.3 is 12.0 Å². The second kappa shape index (κ2) is 5.74. The molecule has 108 valence electrons. The van der Waals surface area contributed by atoms with Crippen LogP contribution >= 0.6 is 15.9 Å². The van der Waals surface area contributed by atoms with Crippen molar-refractivity contribution in [2.75, 3.05) is 11.9 Å². The molecule has 1 aromatic carbocycles. The van der Waals surface area contributed by atoms with Crippen LogP contribution in [0, 0.1) is 11.6 Å². The van der Waals surface area contributed by atoms with Crippen LogP contribution in [0.15, 0.2) is 16.6 Å². The number of benzene rings is 1. The largest absolute Gasteiger partial charge is 0.480 e. The zero-order chi connectivity index (χ0) is 14.9. The van der Waals surface area contributed by atoms with Gasteiger partial charge in [-0.1, -0.05) is 0 Å². The second-order valence-electron chi connectivity index (χ2n) is 4.36. The molecule has 1 fully saturated rings. The molecule has 0 radical (unpaired) electrons. The van der Waals surface area contributed by atoms with Gasteiger partial charge < -0.3 is 15.3 Å². The Morgan fingerprint density at radius 3 is 2.70 bits per heavy atom. The zero-order valence-corrected chi connectivity index (χ0v) is 11.8. The number of likely N-dealkylation sites (tertiary alicyclic amines) is 1. The molecule has 0 spiro atoms. The summed E-state index contributed by atoms with van der Waals surface area (Å²) in [7, 11) is 0. The number of carboxylic acids is 1. The van der Waals surface area contributed by atoms with Crippen LogP contribution in [0.1, 0.15) is 12.8 Å². The number of amides is 2. The molecule has 0 aromatic heterocycles. The van der Waals surface area contributed by atoms with Crippen molar-refractivity contribution in [2.24, 2.45) is 0 Å². The first-order valence-electron chi connectivity index (χ1n) is 5.85. The Balaban J connectivity index is 2.18. The fourth-order valence-corrected chi connectivity index (χ4v) is 2.61. The van der Waals surface area contributed by atoms with Gasteiger partial charge in [0.15, 0.2) is 5.82 Å². The van der Waals surface area contributed by atoms with E-state index in [-0.39, 0.29) is 16.7 Å². The van der Waals surface area contributed by atoms with Gasteiger partial charge in [0.2, 0.25) is 0 Å². The predicted octanol–water partition coefficient (Wildman–Crippen LogP) is 2.81. The van der Waals surface area contributed by atoms with E-state index in [4.69, 9.17) is 5.11 Å². The molecule has 2 N–H and O–H groups in total. The molecule has 1 aromatic rings. The van der Waals surface area contributed by atoms with Gasteiger partial charge in [-0.3, -0.25) is 0 Å². The van der Waals surface area contributed by atoms with Crippen LogP contribution in [0.5, 0.6) is 0 Å². The maximum atomic E-state index is 13.6. The molecule has 2 rings (SSSR count). The molecule has 0 unspecified atom stereocenters. The number of carbonyl (C=O) groups is 2. The molecule has 0 bridgehead atoms. The Bertz CT molecular complexity index is 545. The van der Waals surface area contributed by atoms with Crippen LogP contribution in [0.25, 0.3) is 0 Å². The Morgan fingerprint density at radius 2 is 2.10 bits per heavy atom. The number of anilines is 1. The summed E-state index contributed by atoms with van der Waals surface area (Å²) >= 11 is 2.95. The zero-order valence-electron chi connectivity index (χ0n) is 10.2. The number of nitrogens with one attached hydrogen (secondary N) is 1. The molecule has 8 heteroatoms. The third kappa shape index (κ3) is 2.90. The van der Waals surface area contributed by atoms with Crippen molar-refractivity contribution in [1.82, 2.24) is 4.90 Å². The van der Waals surface area contributed by atoms with E-state index in [1.807, 2.05) is 0 Å². The van der Waals surface area contributed by atoms with Crippen LogP contribution in [0.2, 0.25) is 0 Å². The summed E-state index contributed by atoms with van der Waals surface area (Å²) in [6.45, 7) is 0.281. The number of carbonyl (C=O) groups excluding carboxylic acids is 1. The average Bonchev–Trinajstić information content (AvgIpc) is 2.82. The first-order valence-corrected chi connectivity index (χ1v) is 6.64. The fourth-order valence-electron chi connectivity index (χ4n) is 2.11. The van der Waals surface area contributed by atoms with Crippen LogP contribution in [-0.4, -0.2) is 34.6 Å². The number of urea groups is 1. The number of nitrogens with zero attached hydrogens (tertiary/aromatic N) is 1. The van der Waals surface area contributed by atoms with E-state index in [2.05, 4.69) is 21.2 Å². The van der Waals surface area contributed by atoms with Crippen molar-refractivity contribution < 1.29 is 23.5 Å². The van der Waals surface area contributed by atoms with E-state index in [1.54, 1.807) is 0 Å². The van der Waals surface area contributed by atoms with Gasteiger partial charge in [0.1, 0.15) is 11.9 Å². The quantitative estimate of drug-likeness (QED) is 0.863.